The lowest BCUT2D eigenvalue weighted by molar-refractivity contribution is 0.0879. The van der Waals surface area contributed by atoms with Crippen molar-refractivity contribution < 1.29 is 26.4 Å². The fraction of sp³-hybridized carbons (Fsp3) is 0.263. The van der Waals surface area contributed by atoms with E-state index in [0.29, 0.717) is 0 Å². The number of hydrogen-bond acceptors (Lipinski definition) is 6. The number of carbonyl (C=O) groups is 2. The number of carbonyl (C=O) groups excluding carboxylic acids is 2. The van der Waals surface area contributed by atoms with E-state index in [1.807, 2.05) is 6.92 Å². The van der Waals surface area contributed by atoms with Crippen molar-refractivity contribution in [1.82, 2.24) is 13.9 Å². The highest BCUT2D eigenvalue weighted by molar-refractivity contribution is 7.89. The molecule has 158 valence electrons. The van der Waals surface area contributed by atoms with Crippen molar-refractivity contribution >= 4 is 31.9 Å². The van der Waals surface area contributed by atoms with Gasteiger partial charge < -0.3 is 0 Å². The average Bonchev–Trinajstić information content (AvgIpc) is 3.01. The maximum Gasteiger partial charge on any atom is 0.258 e. The van der Waals surface area contributed by atoms with Crippen LogP contribution >= 0.6 is 0 Å². The Hall–Kier alpha value is -2.60. The van der Waals surface area contributed by atoms with E-state index < -0.39 is 31.9 Å². The summed E-state index contributed by atoms with van der Waals surface area (Å²) in [6.45, 7) is 1.85. The van der Waals surface area contributed by atoms with E-state index in [1.54, 1.807) is 12.1 Å². The van der Waals surface area contributed by atoms with Crippen molar-refractivity contribution in [1.29, 1.82) is 0 Å². The molecule has 0 saturated carbocycles. The quantitative estimate of drug-likeness (QED) is 0.682. The minimum Gasteiger partial charge on any atom is -0.288 e. The number of benzene rings is 2. The van der Waals surface area contributed by atoms with Crippen LogP contribution in [-0.2, 0) is 20.0 Å². The highest BCUT2D eigenvalue weighted by Gasteiger charge is 2.35. The second-order valence-corrected chi connectivity index (χ2v) is 11.0. The number of piperazine rings is 1. The Balaban J connectivity index is 1.53. The molecule has 30 heavy (non-hydrogen) atoms. The third kappa shape index (κ3) is 3.43. The molecule has 2 aliphatic heterocycles. The Morgan fingerprint density at radius 2 is 1.17 bits per heavy atom. The SMILES string of the molecule is Cc1ccc(S(=O)(=O)N2CCN(S(=O)(=O)c3ccc4c(c3)C(=O)NC4=O)CC2)cc1. The van der Waals surface area contributed by atoms with Gasteiger partial charge in [0, 0.05) is 26.2 Å². The molecule has 0 radical (unpaired) electrons. The summed E-state index contributed by atoms with van der Waals surface area (Å²) in [5.74, 6) is -1.20. The van der Waals surface area contributed by atoms with Crippen LogP contribution in [0.2, 0.25) is 0 Å². The highest BCUT2D eigenvalue weighted by Crippen LogP contribution is 2.25. The number of hydrogen-bond donors (Lipinski definition) is 1. The fourth-order valence-electron chi connectivity index (χ4n) is 3.47. The Kier molecular flexibility index (Phi) is 5.01. The van der Waals surface area contributed by atoms with Gasteiger partial charge >= 0.3 is 0 Å². The molecule has 2 aromatic carbocycles. The molecular weight excluding hydrogens is 430 g/mol. The molecule has 2 heterocycles. The van der Waals surface area contributed by atoms with Crippen molar-refractivity contribution in [3.63, 3.8) is 0 Å². The van der Waals surface area contributed by atoms with Crippen molar-refractivity contribution in [2.75, 3.05) is 26.2 Å². The minimum atomic E-state index is -3.94. The molecule has 0 aromatic heterocycles. The number of nitrogens with zero attached hydrogens (tertiary/aromatic N) is 2. The van der Waals surface area contributed by atoms with Gasteiger partial charge in [-0.2, -0.15) is 8.61 Å². The second-order valence-electron chi connectivity index (χ2n) is 7.11. The summed E-state index contributed by atoms with van der Waals surface area (Å²) in [6, 6.07) is 10.3. The molecular formula is C19H19N3O6S2. The number of rotatable bonds is 4. The molecule has 4 rings (SSSR count). The van der Waals surface area contributed by atoms with Crippen LogP contribution in [0.4, 0.5) is 0 Å². The summed E-state index contributed by atoms with van der Waals surface area (Å²) in [4.78, 5) is 23.5. The molecule has 0 unspecified atom stereocenters. The van der Waals surface area contributed by atoms with Crippen LogP contribution in [0, 0.1) is 6.92 Å². The Morgan fingerprint density at radius 1 is 0.700 bits per heavy atom. The van der Waals surface area contributed by atoms with Crippen molar-refractivity contribution in [3.8, 4) is 0 Å². The lowest BCUT2D eigenvalue weighted by Gasteiger charge is -2.33. The summed E-state index contributed by atoms with van der Waals surface area (Å²) >= 11 is 0. The van der Waals surface area contributed by atoms with Gasteiger partial charge in [0.2, 0.25) is 20.0 Å². The first kappa shape index (κ1) is 20.7. The van der Waals surface area contributed by atoms with Crippen LogP contribution in [-0.4, -0.2) is 63.4 Å². The molecule has 9 nitrogen and oxygen atoms in total. The van der Waals surface area contributed by atoms with Gasteiger partial charge in [0.25, 0.3) is 11.8 Å². The zero-order valence-electron chi connectivity index (χ0n) is 16.0. The number of amides is 2. The first-order valence-corrected chi connectivity index (χ1v) is 12.1. The van der Waals surface area contributed by atoms with E-state index in [-0.39, 0.29) is 47.1 Å². The third-order valence-electron chi connectivity index (χ3n) is 5.20. The maximum atomic E-state index is 13.0. The van der Waals surface area contributed by atoms with Crippen LogP contribution in [0.3, 0.4) is 0 Å². The molecule has 2 aromatic rings. The van der Waals surface area contributed by atoms with Crippen molar-refractivity contribution in [2.24, 2.45) is 0 Å². The molecule has 1 fully saturated rings. The Morgan fingerprint density at radius 3 is 1.73 bits per heavy atom. The van der Waals surface area contributed by atoms with E-state index in [0.717, 1.165) is 5.56 Å². The van der Waals surface area contributed by atoms with Gasteiger partial charge in [-0.05, 0) is 37.3 Å². The minimum absolute atomic E-state index is 0.0132. The maximum absolute atomic E-state index is 13.0. The smallest absolute Gasteiger partial charge is 0.258 e. The van der Waals surface area contributed by atoms with E-state index >= 15 is 0 Å². The average molecular weight is 450 g/mol. The number of fused-ring (bicyclic) bond motifs is 1. The van der Waals surface area contributed by atoms with Gasteiger partial charge in [0.05, 0.1) is 20.9 Å². The molecule has 11 heteroatoms. The van der Waals surface area contributed by atoms with Crippen LogP contribution in [0.5, 0.6) is 0 Å². The fourth-order valence-corrected chi connectivity index (χ4v) is 6.34. The van der Waals surface area contributed by atoms with Gasteiger partial charge in [-0.3, -0.25) is 14.9 Å². The van der Waals surface area contributed by atoms with Crippen LogP contribution in [0.1, 0.15) is 26.3 Å². The third-order valence-corrected chi connectivity index (χ3v) is 9.01. The Labute approximate surface area is 174 Å². The standard InChI is InChI=1S/C19H19N3O6S2/c1-13-2-4-14(5-3-13)29(25,26)21-8-10-22(11-9-21)30(27,28)15-6-7-16-17(12-15)19(24)20-18(16)23/h2-7,12H,8-11H2,1H3,(H,20,23,24). The van der Waals surface area contributed by atoms with Crippen LogP contribution < -0.4 is 5.32 Å². The van der Waals surface area contributed by atoms with Gasteiger partial charge in [-0.25, -0.2) is 16.8 Å². The molecule has 0 aliphatic carbocycles. The highest BCUT2D eigenvalue weighted by atomic mass is 32.2. The number of imide groups is 1. The zero-order valence-corrected chi connectivity index (χ0v) is 17.7. The van der Waals surface area contributed by atoms with Gasteiger partial charge in [0.15, 0.2) is 0 Å². The van der Waals surface area contributed by atoms with Gasteiger partial charge in [-0.15, -0.1) is 0 Å². The van der Waals surface area contributed by atoms with E-state index in [1.165, 1.54) is 38.9 Å². The molecule has 0 atom stereocenters. The lowest BCUT2D eigenvalue weighted by atomic mass is 10.1. The number of nitrogens with one attached hydrogen (secondary N) is 1. The lowest BCUT2D eigenvalue weighted by Crippen LogP contribution is -2.50. The van der Waals surface area contributed by atoms with Crippen molar-refractivity contribution in [2.45, 2.75) is 16.7 Å². The first-order chi connectivity index (χ1) is 14.1. The number of sulfonamides is 2. The summed E-state index contributed by atoms with van der Waals surface area (Å²) in [5.41, 5.74) is 1.09. The van der Waals surface area contributed by atoms with E-state index in [2.05, 4.69) is 5.32 Å². The van der Waals surface area contributed by atoms with Gasteiger partial charge in [-0.1, -0.05) is 17.7 Å². The van der Waals surface area contributed by atoms with E-state index in [4.69, 9.17) is 0 Å². The summed E-state index contributed by atoms with van der Waals surface area (Å²) < 4.78 is 54.0. The first-order valence-electron chi connectivity index (χ1n) is 9.17. The van der Waals surface area contributed by atoms with Gasteiger partial charge in [0.1, 0.15) is 0 Å². The summed E-state index contributed by atoms with van der Waals surface area (Å²) in [6.07, 6.45) is 0. The molecule has 0 spiro atoms. The van der Waals surface area contributed by atoms with Crippen LogP contribution in [0.15, 0.2) is 52.3 Å². The molecule has 2 aliphatic rings. The number of aryl methyl sites for hydroxylation is 1. The van der Waals surface area contributed by atoms with Crippen molar-refractivity contribution in [3.05, 3.63) is 59.2 Å². The molecule has 2 amide bonds. The molecule has 0 bridgehead atoms. The normalized spacial score (nSPS) is 18.3. The summed E-state index contributed by atoms with van der Waals surface area (Å²) in [5, 5.41) is 2.12. The monoisotopic (exact) mass is 449 g/mol. The zero-order chi connectivity index (χ0) is 21.7. The Bertz CT molecular complexity index is 1250. The molecule has 1 N–H and O–H groups in total. The topological polar surface area (TPSA) is 121 Å². The van der Waals surface area contributed by atoms with E-state index in [9.17, 15) is 26.4 Å². The predicted octanol–water partition coefficient (Wildman–Crippen LogP) is 0.574. The van der Waals surface area contributed by atoms with Crippen LogP contribution in [0.25, 0.3) is 0 Å². The largest absolute Gasteiger partial charge is 0.288 e. The second kappa shape index (κ2) is 7.27. The predicted molar refractivity (Wildman–Crippen MR) is 107 cm³/mol. The molecule has 1 saturated heterocycles. The summed E-state index contributed by atoms with van der Waals surface area (Å²) in [7, 11) is -7.66.